The quantitative estimate of drug-likeness (QED) is 0.864. The molecule has 2 atom stereocenters. The molecule has 2 rings (SSSR count). The number of carboxylic acids is 1. The summed E-state index contributed by atoms with van der Waals surface area (Å²) in [5.41, 5.74) is 5.08. The highest BCUT2D eigenvalue weighted by atomic mass is 16.5. The fraction of sp³-hybridized carbons (Fsp3) is 0.615. The number of methoxy groups -OCH3 is 1. The first-order valence-electron chi connectivity index (χ1n) is 6.40. The maximum Gasteiger partial charge on any atom is 0.341 e. The predicted molar refractivity (Wildman–Crippen MR) is 69.7 cm³/mol. The van der Waals surface area contributed by atoms with E-state index in [2.05, 4.69) is 16.9 Å². The Labute approximate surface area is 112 Å². The molecule has 0 saturated heterocycles. The summed E-state index contributed by atoms with van der Waals surface area (Å²) in [6.07, 6.45) is 5.13. The SMILES string of the molecule is COC1(c2ncc(C(=O)O)c(N)n2)CCCC(C)C1. The van der Waals surface area contributed by atoms with E-state index in [-0.39, 0.29) is 11.4 Å². The Hall–Kier alpha value is -1.69. The topological polar surface area (TPSA) is 98.3 Å². The van der Waals surface area contributed by atoms with Crippen LogP contribution in [0.15, 0.2) is 6.20 Å². The summed E-state index contributed by atoms with van der Waals surface area (Å²) in [5.74, 6) is -0.110. The van der Waals surface area contributed by atoms with Gasteiger partial charge in [0, 0.05) is 13.3 Å². The van der Waals surface area contributed by atoms with Crippen molar-refractivity contribution in [2.24, 2.45) is 5.92 Å². The molecule has 0 amide bonds. The summed E-state index contributed by atoms with van der Waals surface area (Å²) in [5, 5.41) is 8.94. The zero-order valence-electron chi connectivity index (χ0n) is 11.2. The first kappa shape index (κ1) is 13.7. The van der Waals surface area contributed by atoms with Crippen molar-refractivity contribution in [1.82, 2.24) is 9.97 Å². The number of hydrogen-bond acceptors (Lipinski definition) is 5. The van der Waals surface area contributed by atoms with Crippen LogP contribution in [-0.4, -0.2) is 28.2 Å². The number of ether oxygens (including phenoxy) is 1. The van der Waals surface area contributed by atoms with E-state index >= 15 is 0 Å². The van der Waals surface area contributed by atoms with Crippen LogP contribution in [0.1, 0.15) is 48.8 Å². The van der Waals surface area contributed by atoms with Crippen LogP contribution in [0.5, 0.6) is 0 Å². The van der Waals surface area contributed by atoms with Gasteiger partial charge in [-0.1, -0.05) is 13.3 Å². The first-order valence-corrected chi connectivity index (χ1v) is 6.40. The minimum absolute atomic E-state index is 0.00727. The highest BCUT2D eigenvalue weighted by Gasteiger charge is 2.39. The summed E-state index contributed by atoms with van der Waals surface area (Å²) in [4.78, 5) is 19.2. The molecular formula is C13H19N3O3. The van der Waals surface area contributed by atoms with E-state index in [1.807, 2.05) is 0 Å². The normalized spacial score (nSPS) is 27.2. The third-order valence-corrected chi connectivity index (χ3v) is 3.80. The number of rotatable bonds is 3. The van der Waals surface area contributed by atoms with Gasteiger partial charge < -0.3 is 15.6 Å². The Kier molecular flexibility index (Phi) is 3.71. The maximum atomic E-state index is 10.9. The fourth-order valence-electron chi connectivity index (χ4n) is 2.76. The number of aromatic nitrogens is 2. The highest BCUT2D eigenvalue weighted by Crippen LogP contribution is 2.41. The summed E-state index contributed by atoms with van der Waals surface area (Å²) in [6.45, 7) is 2.17. The molecule has 3 N–H and O–H groups in total. The number of hydrogen-bond donors (Lipinski definition) is 2. The number of anilines is 1. The molecule has 2 unspecified atom stereocenters. The lowest BCUT2D eigenvalue weighted by atomic mass is 9.78. The Bertz CT molecular complexity index is 492. The van der Waals surface area contributed by atoms with Crippen molar-refractivity contribution in [3.8, 4) is 0 Å². The second-order valence-electron chi connectivity index (χ2n) is 5.20. The summed E-state index contributed by atoms with van der Waals surface area (Å²) in [6, 6.07) is 0. The third kappa shape index (κ3) is 2.53. The van der Waals surface area contributed by atoms with Crippen molar-refractivity contribution in [2.75, 3.05) is 12.8 Å². The van der Waals surface area contributed by atoms with Gasteiger partial charge in [-0.3, -0.25) is 0 Å². The van der Waals surface area contributed by atoms with Crippen molar-refractivity contribution < 1.29 is 14.6 Å². The number of nitrogen functional groups attached to an aromatic ring is 1. The van der Waals surface area contributed by atoms with Gasteiger partial charge in [-0.05, 0) is 25.2 Å². The van der Waals surface area contributed by atoms with Crippen molar-refractivity contribution in [3.63, 3.8) is 0 Å². The zero-order valence-corrected chi connectivity index (χ0v) is 11.2. The van der Waals surface area contributed by atoms with Crippen molar-refractivity contribution in [3.05, 3.63) is 17.6 Å². The average molecular weight is 265 g/mol. The molecule has 0 spiro atoms. The molecule has 1 saturated carbocycles. The van der Waals surface area contributed by atoms with E-state index in [0.29, 0.717) is 11.7 Å². The molecule has 0 radical (unpaired) electrons. The number of aromatic carboxylic acids is 1. The standard InChI is InChI=1S/C13H19N3O3/c1-8-4-3-5-13(6-8,19-2)12-15-7-9(11(17)18)10(14)16-12/h7-8H,3-6H2,1-2H3,(H,17,18)(H2,14,15,16). The molecule has 1 aromatic heterocycles. The number of carbonyl (C=O) groups is 1. The molecule has 0 bridgehead atoms. The molecule has 19 heavy (non-hydrogen) atoms. The molecule has 104 valence electrons. The minimum Gasteiger partial charge on any atom is -0.477 e. The van der Waals surface area contributed by atoms with Gasteiger partial charge in [0.25, 0.3) is 0 Å². The number of carboxylic acid groups (broad SMARTS) is 1. The van der Waals surface area contributed by atoms with Gasteiger partial charge in [-0.15, -0.1) is 0 Å². The molecule has 1 fully saturated rings. The van der Waals surface area contributed by atoms with Crippen LogP contribution in [0.2, 0.25) is 0 Å². The highest BCUT2D eigenvalue weighted by molar-refractivity contribution is 5.92. The van der Waals surface area contributed by atoms with Crippen LogP contribution in [0.25, 0.3) is 0 Å². The van der Waals surface area contributed by atoms with Gasteiger partial charge in [0.1, 0.15) is 17.0 Å². The van der Waals surface area contributed by atoms with Crippen molar-refractivity contribution >= 4 is 11.8 Å². The van der Waals surface area contributed by atoms with E-state index in [9.17, 15) is 4.79 Å². The van der Waals surface area contributed by atoms with Crippen LogP contribution in [0.4, 0.5) is 5.82 Å². The van der Waals surface area contributed by atoms with Crippen molar-refractivity contribution in [2.45, 2.75) is 38.2 Å². The lowest BCUT2D eigenvalue weighted by Crippen LogP contribution is -2.36. The second kappa shape index (κ2) is 5.13. The van der Waals surface area contributed by atoms with Gasteiger partial charge in [0.05, 0.1) is 0 Å². The molecule has 0 aliphatic heterocycles. The van der Waals surface area contributed by atoms with Gasteiger partial charge in [-0.25, -0.2) is 14.8 Å². The van der Waals surface area contributed by atoms with Crippen LogP contribution in [0.3, 0.4) is 0 Å². The Balaban J connectivity index is 2.38. The second-order valence-corrected chi connectivity index (χ2v) is 5.20. The molecule has 1 aliphatic carbocycles. The van der Waals surface area contributed by atoms with Crippen LogP contribution < -0.4 is 5.73 Å². The molecule has 1 heterocycles. The Morgan fingerprint density at radius 1 is 1.63 bits per heavy atom. The third-order valence-electron chi connectivity index (χ3n) is 3.80. The van der Waals surface area contributed by atoms with Gasteiger partial charge in [-0.2, -0.15) is 0 Å². The fourth-order valence-corrected chi connectivity index (χ4v) is 2.76. The summed E-state index contributed by atoms with van der Waals surface area (Å²) < 4.78 is 5.66. The predicted octanol–water partition coefficient (Wildman–Crippen LogP) is 1.81. The number of nitrogens with two attached hydrogens (primary N) is 1. The van der Waals surface area contributed by atoms with Crippen LogP contribution in [-0.2, 0) is 10.3 Å². The molecule has 6 heteroatoms. The van der Waals surface area contributed by atoms with Gasteiger partial charge >= 0.3 is 5.97 Å². The molecule has 1 aromatic rings. The number of nitrogens with zero attached hydrogens (tertiary/aromatic N) is 2. The molecule has 1 aliphatic rings. The monoisotopic (exact) mass is 265 g/mol. The van der Waals surface area contributed by atoms with Gasteiger partial charge in [0.15, 0.2) is 5.82 Å². The Morgan fingerprint density at radius 2 is 2.37 bits per heavy atom. The minimum atomic E-state index is -1.12. The summed E-state index contributed by atoms with van der Waals surface area (Å²) in [7, 11) is 1.64. The summed E-state index contributed by atoms with van der Waals surface area (Å²) >= 11 is 0. The largest absolute Gasteiger partial charge is 0.477 e. The molecule has 6 nitrogen and oxygen atoms in total. The van der Waals surface area contributed by atoms with E-state index in [0.717, 1.165) is 25.7 Å². The first-order chi connectivity index (χ1) is 8.98. The Morgan fingerprint density at radius 3 is 2.89 bits per heavy atom. The van der Waals surface area contributed by atoms with Crippen LogP contribution >= 0.6 is 0 Å². The van der Waals surface area contributed by atoms with Gasteiger partial charge in [0.2, 0.25) is 0 Å². The smallest absolute Gasteiger partial charge is 0.341 e. The lowest BCUT2D eigenvalue weighted by Gasteiger charge is -2.37. The molecule has 0 aromatic carbocycles. The molecular weight excluding hydrogens is 246 g/mol. The zero-order chi connectivity index (χ0) is 14.0. The average Bonchev–Trinajstić information content (AvgIpc) is 2.38. The lowest BCUT2D eigenvalue weighted by molar-refractivity contribution is -0.0645. The van der Waals surface area contributed by atoms with E-state index in [4.69, 9.17) is 15.6 Å². The maximum absolute atomic E-state index is 10.9. The van der Waals surface area contributed by atoms with Crippen molar-refractivity contribution in [1.29, 1.82) is 0 Å². The van der Waals surface area contributed by atoms with E-state index in [1.54, 1.807) is 7.11 Å². The van der Waals surface area contributed by atoms with Crippen LogP contribution in [0, 0.1) is 5.92 Å². The van der Waals surface area contributed by atoms with E-state index in [1.165, 1.54) is 6.20 Å². The van der Waals surface area contributed by atoms with E-state index < -0.39 is 11.6 Å².